The lowest BCUT2D eigenvalue weighted by molar-refractivity contribution is -0.116. The number of ether oxygens (including phenoxy) is 1. The molecule has 21 heavy (non-hydrogen) atoms. The lowest BCUT2D eigenvalue weighted by atomic mass is 10.3. The van der Waals surface area contributed by atoms with Crippen molar-refractivity contribution in [1.82, 2.24) is 9.55 Å². The summed E-state index contributed by atoms with van der Waals surface area (Å²) in [6.07, 6.45) is 0. The Kier molecular flexibility index (Phi) is 4.22. The van der Waals surface area contributed by atoms with Gasteiger partial charge in [0.2, 0.25) is 11.9 Å². The molecule has 0 aliphatic heterocycles. The van der Waals surface area contributed by atoms with E-state index in [2.05, 4.69) is 10.3 Å². The molecule has 1 aromatic carbocycles. The first-order chi connectivity index (χ1) is 9.99. The first kappa shape index (κ1) is 14.6. The van der Waals surface area contributed by atoms with Crippen LogP contribution in [-0.4, -0.2) is 22.6 Å². The highest BCUT2D eigenvalue weighted by atomic mass is 16.5. The van der Waals surface area contributed by atoms with E-state index in [1.807, 2.05) is 0 Å². The Morgan fingerprint density at radius 2 is 2.05 bits per heavy atom. The second-order valence-electron chi connectivity index (χ2n) is 4.46. The Morgan fingerprint density at radius 3 is 2.62 bits per heavy atom. The van der Waals surface area contributed by atoms with Gasteiger partial charge in [-0.15, -0.1) is 0 Å². The summed E-state index contributed by atoms with van der Waals surface area (Å²) in [6.45, 7) is 1.48. The minimum absolute atomic E-state index is 0.0184. The summed E-state index contributed by atoms with van der Waals surface area (Å²) in [4.78, 5) is 27.7. The van der Waals surface area contributed by atoms with Crippen LogP contribution in [0.5, 0.6) is 5.75 Å². The second kappa shape index (κ2) is 6.08. The molecular weight excluding hydrogens is 272 g/mol. The number of carbonyl (C=O) groups excluding carboxylic acids is 1. The Labute approximate surface area is 121 Å². The van der Waals surface area contributed by atoms with E-state index in [-0.39, 0.29) is 24.0 Å². The monoisotopic (exact) mass is 288 g/mol. The van der Waals surface area contributed by atoms with Crippen molar-refractivity contribution in [3.63, 3.8) is 0 Å². The van der Waals surface area contributed by atoms with E-state index in [4.69, 9.17) is 10.5 Å². The van der Waals surface area contributed by atoms with Gasteiger partial charge in [0.05, 0.1) is 7.11 Å². The molecular formula is C14H16N4O3. The lowest BCUT2D eigenvalue weighted by Crippen LogP contribution is -2.30. The molecule has 3 N–H and O–H groups in total. The fourth-order valence-corrected chi connectivity index (χ4v) is 1.82. The summed E-state index contributed by atoms with van der Waals surface area (Å²) in [7, 11) is 1.56. The van der Waals surface area contributed by atoms with E-state index in [1.54, 1.807) is 38.3 Å². The second-order valence-corrected chi connectivity index (χ2v) is 4.46. The number of anilines is 2. The highest BCUT2D eigenvalue weighted by Gasteiger charge is 2.09. The lowest BCUT2D eigenvalue weighted by Gasteiger charge is -2.10. The maximum absolute atomic E-state index is 11.9. The van der Waals surface area contributed by atoms with Gasteiger partial charge < -0.3 is 15.8 Å². The Morgan fingerprint density at radius 1 is 1.38 bits per heavy atom. The molecule has 0 aliphatic carbocycles. The fraction of sp³-hybridized carbons (Fsp3) is 0.214. The average molecular weight is 288 g/mol. The molecule has 7 heteroatoms. The van der Waals surface area contributed by atoms with Gasteiger partial charge in [-0.25, -0.2) is 4.98 Å². The quantitative estimate of drug-likeness (QED) is 0.866. The average Bonchev–Trinajstić information content (AvgIpc) is 2.43. The fourth-order valence-electron chi connectivity index (χ4n) is 1.82. The molecule has 1 amide bonds. The molecule has 0 saturated heterocycles. The minimum atomic E-state index is -0.361. The normalized spacial score (nSPS) is 10.2. The number of hydrogen-bond acceptors (Lipinski definition) is 5. The molecule has 0 bridgehead atoms. The van der Waals surface area contributed by atoms with Crippen LogP contribution < -0.4 is 21.3 Å². The van der Waals surface area contributed by atoms with Crippen LogP contribution in [0.25, 0.3) is 0 Å². The van der Waals surface area contributed by atoms with Gasteiger partial charge >= 0.3 is 0 Å². The summed E-state index contributed by atoms with van der Waals surface area (Å²) < 4.78 is 6.15. The number of methoxy groups -OCH3 is 1. The number of aromatic nitrogens is 2. The molecule has 2 aromatic rings. The van der Waals surface area contributed by atoms with Gasteiger partial charge in [0.1, 0.15) is 12.3 Å². The number of amides is 1. The molecule has 0 unspecified atom stereocenters. The number of nitrogens with zero attached hydrogens (tertiary/aromatic N) is 2. The molecule has 0 spiro atoms. The van der Waals surface area contributed by atoms with E-state index in [0.717, 1.165) is 4.57 Å². The SMILES string of the molecule is COc1ccc(NC(=O)Cn2c(N)nc(C)cc2=O)cc1. The molecule has 7 nitrogen and oxygen atoms in total. The van der Waals surface area contributed by atoms with Crippen LogP contribution in [0, 0.1) is 6.92 Å². The van der Waals surface area contributed by atoms with E-state index in [0.29, 0.717) is 17.1 Å². The topological polar surface area (TPSA) is 99.2 Å². The number of nitrogens with two attached hydrogens (primary N) is 1. The molecule has 2 rings (SSSR count). The number of aryl methyl sites for hydroxylation is 1. The van der Waals surface area contributed by atoms with Crippen molar-refractivity contribution in [1.29, 1.82) is 0 Å². The van der Waals surface area contributed by atoms with Crippen LogP contribution in [0.15, 0.2) is 35.1 Å². The maximum atomic E-state index is 11.9. The summed E-state index contributed by atoms with van der Waals surface area (Å²) in [5.74, 6) is 0.348. The Bertz CT molecular complexity index is 707. The van der Waals surface area contributed by atoms with Crippen LogP contribution in [-0.2, 0) is 11.3 Å². The third-order valence-corrected chi connectivity index (χ3v) is 2.84. The van der Waals surface area contributed by atoms with E-state index < -0.39 is 0 Å². The number of carbonyl (C=O) groups is 1. The number of benzene rings is 1. The van der Waals surface area contributed by atoms with Gasteiger partial charge in [0.25, 0.3) is 5.56 Å². The summed E-state index contributed by atoms with van der Waals surface area (Å²) in [6, 6.07) is 8.19. The van der Waals surface area contributed by atoms with Gasteiger partial charge in [0, 0.05) is 17.4 Å². The van der Waals surface area contributed by atoms with Crippen LogP contribution in [0.1, 0.15) is 5.69 Å². The zero-order valence-electron chi connectivity index (χ0n) is 11.8. The van der Waals surface area contributed by atoms with Gasteiger partial charge in [-0.1, -0.05) is 0 Å². The first-order valence-electron chi connectivity index (χ1n) is 6.27. The summed E-state index contributed by atoms with van der Waals surface area (Å²) >= 11 is 0. The highest BCUT2D eigenvalue weighted by molar-refractivity contribution is 5.90. The third-order valence-electron chi connectivity index (χ3n) is 2.84. The van der Waals surface area contributed by atoms with Crippen LogP contribution in [0.3, 0.4) is 0 Å². The van der Waals surface area contributed by atoms with Crippen molar-refractivity contribution in [2.45, 2.75) is 13.5 Å². The van der Waals surface area contributed by atoms with Crippen molar-refractivity contribution in [2.75, 3.05) is 18.2 Å². The Hall–Kier alpha value is -2.83. The molecule has 1 aromatic heterocycles. The predicted molar refractivity (Wildman–Crippen MR) is 79.3 cm³/mol. The number of nitrogens with one attached hydrogen (secondary N) is 1. The zero-order chi connectivity index (χ0) is 15.4. The van der Waals surface area contributed by atoms with Crippen molar-refractivity contribution in [2.24, 2.45) is 0 Å². The van der Waals surface area contributed by atoms with Gasteiger partial charge in [-0.3, -0.25) is 14.2 Å². The van der Waals surface area contributed by atoms with E-state index in [1.165, 1.54) is 6.07 Å². The minimum Gasteiger partial charge on any atom is -0.497 e. The predicted octanol–water partition coefficient (Wildman–Crippen LogP) is 0.781. The molecule has 0 fully saturated rings. The van der Waals surface area contributed by atoms with Crippen LogP contribution in [0.4, 0.5) is 11.6 Å². The van der Waals surface area contributed by atoms with Gasteiger partial charge in [-0.2, -0.15) is 0 Å². The molecule has 0 saturated carbocycles. The molecule has 0 atom stereocenters. The summed E-state index contributed by atoms with van der Waals surface area (Å²) in [5, 5.41) is 2.67. The van der Waals surface area contributed by atoms with Crippen molar-refractivity contribution in [3.8, 4) is 5.75 Å². The number of rotatable bonds is 4. The zero-order valence-corrected chi connectivity index (χ0v) is 11.8. The molecule has 0 aliphatic rings. The van der Waals surface area contributed by atoms with E-state index >= 15 is 0 Å². The van der Waals surface area contributed by atoms with E-state index in [9.17, 15) is 9.59 Å². The molecule has 110 valence electrons. The van der Waals surface area contributed by atoms with Crippen molar-refractivity contribution < 1.29 is 9.53 Å². The largest absolute Gasteiger partial charge is 0.497 e. The number of hydrogen-bond donors (Lipinski definition) is 2. The molecule has 1 heterocycles. The summed E-state index contributed by atoms with van der Waals surface area (Å²) in [5.41, 5.74) is 6.42. The van der Waals surface area contributed by atoms with Crippen LogP contribution in [0.2, 0.25) is 0 Å². The standard InChI is InChI=1S/C14H16N4O3/c1-9-7-13(20)18(14(15)16-9)8-12(19)17-10-3-5-11(21-2)6-4-10/h3-7H,8H2,1-2H3,(H2,15,16)(H,17,19). The van der Waals surface area contributed by atoms with Gasteiger partial charge in [0.15, 0.2) is 0 Å². The highest BCUT2D eigenvalue weighted by Crippen LogP contribution is 2.14. The maximum Gasteiger partial charge on any atom is 0.255 e. The van der Waals surface area contributed by atoms with Crippen molar-refractivity contribution >= 4 is 17.5 Å². The first-order valence-corrected chi connectivity index (χ1v) is 6.27. The Balaban J connectivity index is 2.10. The molecule has 0 radical (unpaired) electrons. The smallest absolute Gasteiger partial charge is 0.255 e. The van der Waals surface area contributed by atoms with Crippen LogP contribution >= 0.6 is 0 Å². The third kappa shape index (κ3) is 3.59. The number of nitrogen functional groups attached to an aromatic ring is 1. The van der Waals surface area contributed by atoms with Gasteiger partial charge in [-0.05, 0) is 31.2 Å². The van der Waals surface area contributed by atoms with Crippen molar-refractivity contribution in [3.05, 3.63) is 46.4 Å².